The molecule has 0 radical (unpaired) electrons. The maximum Gasteiger partial charge on any atom is 0.266 e. The Morgan fingerprint density at radius 1 is 1.14 bits per heavy atom. The molecule has 1 N–H and O–H groups in total. The van der Waals surface area contributed by atoms with Crippen LogP contribution in [-0.4, -0.2) is 23.3 Å². The van der Waals surface area contributed by atoms with Gasteiger partial charge in [-0.1, -0.05) is 18.2 Å². The van der Waals surface area contributed by atoms with Gasteiger partial charge in [-0.25, -0.2) is 23.1 Å². The van der Waals surface area contributed by atoms with Crippen molar-refractivity contribution < 1.29 is 17.7 Å². The number of hydrogen-bond acceptors (Lipinski definition) is 4. The molecule has 0 aliphatic carbocycles. The normalized spacial score (nSPS) is 13.1. The second-order valence-electron chi connectivity index (χ2n) is 7.21. The van der Waals surface area contributed by atoms with Gasteiger partial charge in [-0.05, 0) is 55.2 Å². The molecule has 0 aliphatic rings. The van der Waals surface area contributed by atoms with E-state index >= 15 is 0 Å². The van der Waals surface area contributed by atoms with E-state index in [-0.39, 0.29) is 5.56 Å². The summed E-state index contributed by atoms with van der Waals surface area (Å²) in [6, 6.07) is 6.83. The summed E-state index contributed by atoms with van der Waals surface area (Å²) >= 11 is 3.45. The summed E-state index contributed by atoms with van der Waals surface area (Å²) in [5.74, 6) is -0.0264. The van der Waals surface area contributed by atoms with E-state index in [1.807, 2.05) is 0 Å². The lowest BCUT2D eigenvalue weighted by Gasteiger charge is -2.19. The molecule has 1 aromatic heterocycles. The molecule has 1 heterocycles. The summed E-state index contributed by atoms with van der Waals surface area (Å²) in [5.41, 5.74) is 0.100. The number of fused-ring (bicyclic) bond motifs is 1. The number of aryl methyl sites for hydroxylation is 1. The highest BCUT2D eigenvalue weighted by Crippen LogP contribution is 2.40. The number of alkyl halides is 2. The Morgan fingerprint density at radius 2 is 1.79 bits per heavy atom. The van der Waals surface area contributed by atoms with Crippen LogP contribution in [0.5, 0.6) is 0 Å². The van der Waals surface area contributed by atoms with Gasteiger partial charge in [0.2, 0.25) is 0 Å². The highest BCUT2D eigenvalue weighted by atomic mass is 79.9. The SMILES string of the molecule is Cc1nc(N[C@H](C)c2cccc(C(F)F)c2F)c2cc(P(C)(C)=O)c(Br)cc2n1. The first-order chi connectivity index (χ1) is 13.5. The number of nitrogens with one attached hydrogen (secondary N) is 1. The van der Waals surface area contributed by atoms with Crippen molar-refractivity contribution in [1.29, 1.82) is 0 Å². The lowest BCUT2D eigenvalue weighted by atomic mass is 10.0. The van der Waals surface area contributed by atoms with Crippen molar-refractivity contribution in [2.24, 2.45) is 0 Å². The van der Waals surface area contributed by atoms with Crippen molar-refractivity contribution in [2.75, 3.05) is 18.6 Å². The van der Waals surface area contributed by atoms with Crippen LogP contribution in [0.15, 0.2) is 34.8 Å². The molecule has 3 rings (SSSR count). The van der Waals surface area contributed by atoms with Crippen molar-refractivity contribution in [1.82, 2.24) is 9.97 Å². The zero-order chi connectivity index (χ0) is 21.5. The topological polar surface area (TPSA) is 54.9 Å². The number of anilines is 1. The molecule has 0 unspecified atom stereocenters. The van der Waals surface area contributed by atoms with Crippen molar-refractivity contribution >= 4 is 45.1 Å². The van der Waals surface area contributed by atoms with E-state index in [2.05, 4.69) is 31.2 Å². The Balaban J connectivity index is 2.10. The average Bonchev–Trinajstić information content (AvgIpc) is 2.59. The molecular formula is C20H20BrF3N3OP. The van der Waals surface area contributed by atoms with E-state index in [0.29, 0.717) is 32.3 Å². The molecule has 9 heteroatoms. The van der Waals surface area contributed by atoms with E-state index in [1.165, 1.54) is 12.1 Å². The lowest BCUT2D eigenvalue weighted by molar-refractivity contribution is 0.146. The summed E-state index contributed by atoms with van der Waals surface area (Å²) in [5, 5.41) is 4.36. The third-order valence-corrected chi connectivity index (χ3v) is 7.06. The number of hydrogen-bond donors (Lipinski definition) is 1. The number of benzene rings is 2. The van der Waals surface area contributed by atoms with Gasteiger partial charge in [-0.3, -0.25) is 0 Å². The van der Waals surface area contributed by atoms with Crippen LogP contribution in [0.1, 0.15) is 36.3 Å². The number of halogens is 4. The second-order valence-corrected chi connectivity index (χ2v) is 11.2. The first-order valence-electron chi connectivity index (χ1n) is 8.85. The number of nitrogens with zero attached hydrogens (tertiary/aromatic N) is 2. The van der Waals surface area contributed by atoms with E-state index in [0.717, 1.165) is 6.07 Å². The standard InChI is InChI=1S/C20H20BrF3N3OP/c1-10(12-6-5-7-13(18(12)22)19(23)24)25-20-14-8-17(29(3,4)28)15(21)9-16(14)26-11(2)27-20/h5-10,19H,1-4H3,(H,25,26,27)/t10-/m1/s1. The molecule has 4 nitrogen and oxygen atoms in total. The molecule has 154 valence electrons. The fraction of sp³-hybridized carbons (Fsp3) is 0.300. The second kappa shape index (κ2) is 8.07. The van der Waals surface area contributed by atoms with Crippen LogP contribution >= 0.6 is 23.1 Å². The van der Waals surface area contributed by atoms with E-state index in [4.69, 9.17) is 0 Å². The van der Waals surface area contributed by atoms with Gasteiger partial charge in [-0.15, -0.1) is 0 Å². The quantitative estimate of drug-likeness (QED) is 0.437. The fourth-order valence-electron chi connectivity index (χ4n) is 3.13. The predicted molar refractivity (Wildman–Crippen MR) is 114 cm³/mol. The highest BCUT2D eigenvalue weighted by Gasteiger charge is 2.22. The van der Waals surface area contributed by atoms with Gasteiger partial charge >= 0.3 is 0 Å². The largest absolute Gasteiger partial charge is 0.363 e. The van der Waals surface area contributed by atoms with E-state index in [1.54, 1.807) is 39.3 Å². The van der Waals surface area contributed by atoms with Gasteiger partial charge in [-0.2, -0.15) is 0 Å². The molecule has 0 saturated heterocycles. The number of rotatable bonds is 5. The Morgan fingerprint density at radius 3 is 2.41 bits per heavy atom. The van der Waals surface area contributed by atoms with Crippen molar-refractivity contribution in [2.45, 2.75) is 26.3 Å². The van der Waals surface area contributed by atoms with Gasteiger partial charge in [0.25, 0.3) is 6.43 Å². The van der Waals surface area contributed by atoms with Crippen LogP contribution in [0.3, 0.4) is 0 Å². The third kappa shape index (κ3) is 4.48. The molecule has 0 fully saturated rings. The molecule has 0 bridgehead atoms. The minimum Gasteiger partial charge on any atom is -0.363 e. The molecule has 3 aromatic rings. The average molecular weight is 486 g/mol. The molecule has 0 aliphatic heterocycles. The lowest BCUT2D eigenvalue weighted by Crippen LogP contribution is -2.13. The Hall–Kier alpha value is -1.92. The van der Waals surface area contributed by atoms with Crippen LogP contribution in [0.2, 0.25) is 0 Å². The summed E-state index contributed by atoms with van der Waals surface area (Å²) < 4.78 is 54.0. The first-order valence-corrected chi connectivity index (χ1v) is 12.2. The minimum absolute atomic E-state index is 0.112. The van der Waals surface area contributed by atoms with Crippen LogP contribution in [0, 0.1) is 12.7 Å². The van der Waals surface area contributed by atoms with Crippen LogP contribution in [-0.2, 0) is 4.57 Å². The smallest absolute Gasteiger partial charge is 0.266 e. The van der Waals surface area contributed by atoms with Gasteiger partial charge < -0.3 is 9.88 Å². The van der Waals surface area contributed by atoms with Gasteiger partial charge in [0, 0.05) is 20.7 Å². The molecule has 0 amide bonds. The van der Waals surface area contributed by atoms with Crippen LogP contribution < -0.4 is 10.6 Å². The van der Waals surface area contributed by atoms with Gasteiger partial charge in [0.1, 0.15) is 24.6 Å². The Bertz CT molecular complexity index is 1130. The van der Waals surface area contributed by atoms with Crippen molar-refractivity contribution in [3.63, 3.8) is 0 Å². The van der Waals surface area contributed by atoms with Gasteiger partial charge in [0.05, 0.1) is 17.1 Å². The number of aromatic nitrogens is 2. The minimum atomic E-state index is -2.90. The van der Waals surface area contributed by atoms with Crippen LogP contribution in [0.4, 0.5) is 19.0 Å². The predicted octanol–water partition coefficient (Wildman–Crippen LogP) is 6.20. The first kappa shape index (κ1) is 21.8. The molecule has 1 atom stereocenters. The summed E-state index contributed by atoms with van der Waals surface area (Å²) in [4.78, 5) is 8.82. The van der Waals surface area contributed by atoms with Crippen LogP contribution in [0.25, 0.3) is 10.9 Å². The van der Waals surface area contributed by atoms with Crippen molar-refractivity contribution in [3.05, 3.63) is 57.6 Å². The highest BCUT2D eigenvalue weighted by molar-refractivity contribution is 9.10. The Labute approximate surface area is 175 Å². The summed E-state index contributed by atoms with van der Waals surface area (Å²) in [6.45, 7) is 6.71. The molecule has 0 saturated carbocycles. The molecule has 2 aromatic carbocycles. The monoisotopic (exact) mass is 485 g/mol. The zero-order valence-electron chi connectivity index (χ0n) is 16.3. The van der Waals surface area contributed by atoms with E-state index < -0.39 is 31.0 Å². The van der Waals surface area contributed by atoms with Crippen molar-refractivity contribution in [3.8, 4) is 0 Å². The maximum absolute atomic E-state index is 14.5. The maximum atomic E-state index is 14.5. The van der Waals surface area contributed by atoms with E-state index in [9.17, 15) is 17.7 Å². The van der Waals surface area contributed by atoms with Gasteiger partial charge in [0.15, 0.2) is 0 Å². The fourth-order valence-corrected chi connectivity index (χ4v) is 5.76. The third-order valence-electron chi connectivity index (χ3n) is 4.57. The summed E-state index contributed by atoms with van der Waals surface area (Å²) in [6.07, 6.45) is -2.90. The molecular weight excluding hydrogens is 466 g/mol. The summed E-state index contributed by atoms with van der Waals surface area (Å²) in [7, 11) is -2.58. The molecule has 0 spiro atoms. The Kier molecular flexibility index (Phi) is 6.06. The zero-order valence-corrected chi connectivity index (χ0v) is 18.8. The molecule has 29 heavy (non-hydrogen) atoms.